The molecule has 2 heterocycles. The molecule has 2 fully saturated rings. The Hall–Kier alpha value is -1.81. The molecule has 2 aromatic rings. The Morgan fingerprint density at radius 3 is 3.00 bits per heavy atom. The minimum atomic E-state index is -0.0406. The number of benzene rings is 1. The Morgan fingerprint density at radius 1 is 1.28 bits per heavy atom. The van der Waals surface area contributed by atoms with E-state index in [-0.39, 0.29) is 18.1 Å². The van der Waals surface area contributed by atoms with Crippen molar-refractivity contribution in [3.05, 3.63) is 36.0 Å². The molecule has 134 valence electrons. The third-order valence-corrected chi connectivity index (χ3v) is 5.91. The number of H-pyrrole nitrogens is 1. The molecule has 0 spiro atoms. The van der Waals surface area contributed by atoms with Gasteiger partial charge in [-0.3, -0.25) is 9.69 Å². The van der Waals surface area contributed by atoms with Crippen molar-refractivity contribution in [2.45, 2.75) is 57.6 Å². The highest BCUT2D eigenvalue weighted by atomic mass is 16.5. The monoisotopic (exact) mass is 340 g/mol. The van der Waals surface area contributed by atoms with Gasteiger partial charge in [0.25, 0.3) is 0 Å². The highest BCUT2D eigenvalue weighted by molar-refractivity contribution is 5.83. The van der Waals surface area contributed by atoms with Gasteiger partial charge in [-0.1, -0.05) is 25.1 Å². The summed E-state index contributed by atoms with van der Waals surface area (Å²) in [5, 5.41) is 1.29. The number of rotatable bonds is 5. The number of likely N-dealkylation sites (tertiary alicyclic amines) is 1. The van der Waals surface area contributed by atoms with E-state index < -0.39 is 0 Å². The van der Waals surface area contributed by atoms with E-state index in [4.69, 9.17) is 4.74 Å². The molecule has 1 aliphatic carbocycles. The zero-order valence-corrected chi connectivity index (χ0v) is 15.0. The summed E-state index contributed by atoms with van der Waals surface area (Å²) in [5.74, 6) is 0.704. The Labute approximate surface area is 149 Å². The maximum Gasteiger partial charge on any atom is 0.323 e. The fourth-order valence-corrected chi connectivity index (χ4v) is 4.47. The van der Waals surface area contributed by atoms with Crippen molar-refractivity contribution >= 4 is 16.9 Å². The molecule has 25 heavy (non-hydrogen) atoms. The minimum absolute atomic E-state index is 0.00975. The van der Waals surface area contributed by atoms with Gasteiger partial charge in [0.05, 0.1) is 0 Å². The van der Waals surface area contributed by atoms with Gasteiger partial charge in [0.1, 0.15) is 12.1 Å². The average molecular weight is 340 g/mol. The number of esters is 1. The van der Waals surface area contributed by atoms with Crippen LogP contribution in [0, 0.1) is 5.92 Å². The van der Waals surface area contributed by atoms with Crippen LogP contribution in [0.3, 0.4) is 0 Å². The molecule has 1 aromatic carbocycles. The van der Waals surface area contributed by atoms with Gasteiger partial charge < -0.3 is 9.72 Å². The predicted octanol–water partition coefficient (Wildman–Crippen LogP) is 3.91. The SMILES string of the molecule is CC1CCC(OC(=O)C2CCCN2CCc2c[nH]c3ccccc23)C1. The first-order chi connectivity index (χ1) is 12.2. The lowest BCUT2D eigenvalue weighted by Crippen LogP contribution is -2.39. The summed E-state index contributed by atoms with van der Waals surface area (Å²) in [6.45, 7) is 4.17. The number of hydrogen-bond acceptors (Lipinski definition) is 3. The van der Waals surface area contributed by atoms with Crippen LogP contribution < -0.4 is 0 Å². The molecule has 1 N–H and O–H groups in total. The zero-order valence-electron chi connectivity index (χ0n) is 15.0. The summed E-state index contributed by atoms with van der Waals surface area (Å²) in [6.07, 6.45) is 8.51. The van der Waals surface area contributed by atoms with Gasteiger partial charge in [-0.2, -0.15) is 0 Å². The maximum absolute atomic E-state index is 12.6. The van der Waals surface area contributed by atoms with Crippen LogP contribution in [0.4, 0.5) is 0 Å². The molecule has 2 aliphatic rings. The van der Waals surface area contributed by atoms with Crippen LogP contribution in [-0.2, 0) is 16.0 Å². The first-order valence-corrected chi connectivity index (χ1v) is 9.70. The molecule has 4 rings (SSSR count). The number of nitrogens with one attached hydrogen (secondary N) is 1. The molecule has 0 amide bonds. The quantitative estimate of drug-likeness (QED) is 0.840. The molecule has 3 unspecified atom stereocenters. The Morgan fingerprint density at radius 2 is 2.16 bits per heavy atom. The van der Waals surface area contributed by atoms with Gasteiger partial charge in [0.15, 0.2) is 0 Å². The molecule has 1 saturated carbocycles. The number of carbonyl (C=O) groups is 1. The molecule has 3 atom stereocenters. The van der Waals surface area contributed by atoms with Gasteiger partial charge in [-0.25, -0.2) is 0 Å². The fraction of sp³-hybridized carbons (Fsp3) is 0.571. The number of nitrogens with zero attached hydrogens (tertiary/aromatic N) is 1. The lowest BCUT2D eigenvalue weighted by atomic mass is 10.1. The van der Waals surface area contributed by atoms with Gasteiger partial charge in [-0.05, 0) is 62.6 Å². The highest BCUT2D eigenvalue weighted by Crippen LogP contribution is 2.29. The summed E-state index contributed by atoms with van der Waals surface area (Å²) in [4.78, 5) is 18.3. The topological polar surface area (TPSA) is 45.3 Å². The van der Waals surface area contributed by atoms with Crippen molar-refractivity contribution in [2.75, 3.05) is 13.1 Å². The molecule has 1 aliphatic heterocycles. The number of ether oxygens (including phenoxy) is 1. The number of hydrogen-bond donors (Lipinski definition) is 1. The lowest BCUT2D eigenvalue weighted by molar-refractivity contribution is -0.154. The second kappa shape index (κ2) is 7.20. The third kappa shape index (κ3) is 3.59. The molecule has 0 radical (unpaired) electrons. The van der Waals surface area contributed by atoms with E-state index >= 15 is 0 Å². The van der Waals surface area contributed by atoms with Crippen LogP contribution in [-0.4, -0.2) is 41.1 Å². The first-order valence-electron chi connectivity index (χ1n) is 9.70. The van der Waals surface area contributed by atoms with E-state index in [9.17, 15) is 4.79 Å². The van der Waals surface area contributed by atoms with Crippen LogP contribution in [0.5, 0.6) is 0 Å². The van der Waals surface area contributed by atoms with Crippen LogP contribution in [0.15, 0.2) is 30.5 Å². The van der Waals surface area contributed by atoms with E-state index in [1.165, 1.54) is 22.9 Å². The van der Waals surface area contributed by atoms with Crippen LogP contribution in [0.2, 0.25) is 0 Å². The molecular formula is C21H28N2O2. The van der Waals surface area contributed by atoms with Gasteiger partial charge in [0, 0.05) is 23.6 Å². The number of aromatic amines is 1. The van der Waals surface area contributed by atoms with E-state index in [2.05, 4.69) is 47.3 Å². The average Bonchev–Trinajstić information content (AvgIpc) is 3.32. The maximum atomic E-state index is 12.6. The fourth-order valence-electron chi connectivity index (χ4n) is 4.47. The van der Waals surface area contributed by atoms with Crippen molar-refractivity contribution in [3.63, 3.8) is 0 Å². The predicted molar refractivity (Wildman–Crippen MR) is 99.5 cm³/mol. The first kappa shape index (κ1) is 16.6. The molecule has 0 bridgehead atoms. The standard InChI is InChI=1S/C21H28N2O2/c1-15-8-9-17(13-15)25-21(24)20-7-4-11-23(20)12-10-16-14-22-19-6-3-2-5-18(16)19/h2-3,5-6,14-15,17,20,22H,4,7-13H2,1H3. The number of aromatic nitrogens is 1. The summed E-state index contributed by atoms with van der Waals surface area (Å²) >= 11 is 0. The van der Waals surface area contributed by atoms with Crippen LogP contribution in [0.1, 0.15) is 44.6 Å². The van der Waals surface area contributed by atoms with Crippen molar-refractivity contribution in [1.29, 1.82) is 0 Å². The van der Waals surface area contributed by atoms with E-state index in [1.807, 2.05) is 0 Å². The summed E-state index contributed by atoms with van der Waals surface area (Å²) < 4.78 is 5.82. The molecule has 4 heteroatoms. The number of para-hydroxylation sites is 1. The van der Waals surface area contributed by atoms with Gasteiger partial charge in [0.2, 0.25) is 0 Å². The lowest BCUT2D eigenvalue weighted by Gasteiger charge is -2.24. The van der Waals surface area contributed by atoms with E-state index in [0.717, 1.165) is 45.2 Å². The normalized spacial score (nSPS) is 27.2. The van der Waals surface area contributed by atoms with Crippen molar-refractivity contribution in [2.24, 2.45) is 5.92 Å². The van der Waals surface area contributed by atoms with E-state index in [0.29, 0.717) is 5.92 Å². The summed E-state index contributed by atoms with van der Waals surface area (Å²) in [5.41, 5.74) is 2.52. The Balaban J connectivity index is 1.36. The van der Waals surface area contributed by atoms with Crippen LogP contribution >= 0.6 is 0 Å². The van der Waals surface area contributed by atoms with Gasteiger partial charge >= 0.3 is 5.97 Å². The minimum Gasteiger partial charge on any atom is -0.461 e. The molecular weight excluding hydrogens is 312 g/mol. The smallest absolute Gasteiger partial charge is 0.323 e. The molecule has 1 aromatic heterocycles. The largest absolute Gasteiger partial charge is 0.461 e. The Bertz CT molecular complexity index is 738. The van der Waals surface area contributed by atoms with Crippen molar-refractivity contribution in [1.82, 2.24) is 9.88 Å². The van der Waals surface area contributed by atoms with Gasteiger partial charge in [-0.15, -0.1) is 0 Å². The number of fused-ring (bicyclic) bond motifs is 1. The summed E-state index contributed by atoms with van der Waals surface area (Å²) in [6, 6.07) is 8.37. The van der Waals surface area contributed by atoms with Crippen LogP contribution in [0.25, 0.3) is 10.9 Å². The number of carbonyl (C=O) groups excluding carboxylic acids is 1. The third-order valence-electron chi connectivity index (χ3n) is 5.91. The second-order valence-electron chi connectivity index (χ2n) is 7.78. The van der Waals surface area contributed by atoms with E-state index in [1.54, 1.807) is 0 Å². The Kier molecular flexibility index (Phi) is 4.80. The van der Waals surface area contributed by atoms with Crippen molar-refractivity contribution in [3.8, 4) is 0 Å². The summed E-state index contributed by atoms with van der Waals surface area (Å²) in [7, 11) is 0. The van der Waals surface area contributed by atoms with Crippen molar-refractivity contribution < 1.29 is 9.53 Å². The highest BCUT2D eigenvalue weighted by Gasteiger charge is 2.34. The molecule has 1 saturated heterocycles. The molecule has 4 nitrogen and oxygen atoms in total. The second-order valence-corrected chi connectivity index (χ2v) is 7.78. The zero-order chi connectivity index (χ0) is 17.2.